The van der Waals surface area contributed by atoms with Crippen LogP contribution < -0.4 is 17.0 Å². The molecule has 0 atom stereocenters. The van der Waals surface area contributed by atoms with Crippen molar-refractivity contribution in [1.29, 1.82) is 0 Å². The highest BCUT2D eigenvalue weighted by atomic mass is 16.4. The standard InChI is InChI=1S/C11H15N7O4/c12-1-2-17(4-7(20)21)6(19)3-18-5-14-8-9(18)15-11(13)16-10(8)22/h5H,1-4,12H2,(H,20,21)(H3,13,15,16,22)/p+1. The van der Waals surface area contributed by atoms with E-state index in [0.29, 0.717) is 6.54 Å². The minimum absolute atomic E-state index is 0.0592. The van der Waals surface area contributed by atoms with E-state index in [1.54, 1.807) is 0 Å². The fraction of sp³-hybridized carbons (Fsp3) is 0.364. The third kappa shape index (κ3) is 3.20. The molecule has 0 spiro atoms. The van der Waals surface area contributed by atoms with Gasteiger partial charge in [-0.3, -0.25) is 19.4 Å². The number of nitrogen functional groups attached to an aromatic ring is 1. The van der Waals surface area contributed by atoms with E-state index >= 15 is 0 Å². The van der Waals surface area contributed by atoms with Crippen molar-refractivity contribution in [2.75, 3.05) is 25.4 Å². The van der Waals surface area contributed by atoms with Crippen molar-refractivity contribution in [2.45, 2.75) is 6.54 Å². The van der Waals surface area contributed by atoms with E-state index in [9.17, 15) is 14.4 Å². The van der Waals surface area contributed by atoms with E-state index in [2.05, 4.69) is 20.7 Å². The number of aromatic nitrogens is 4. The third-order valence-corrected chi connectivity index (χ3v) is 2.91. The fourth-order valence-electron chi connectivity index (χ4n) is 1.98. The summed E-state index contributed by atoms with van der Waals surface area (Å²) in [7, 11) is 0. The third-order valence-electron chi connectivity index (χ3n) is 2.91. The summed E-state index contributed by atoms with van der Waals surface area (Å²) in [6.45, 7) is -0.0146. The van der Waals surface area contributed by atoms with Crippen LogP contribution in [0.5, 0.6) is 0 Å². The zero-order valence-corrected chi connectivity index (χ0v) is 11.7. The molecule has 0 fully saturated rings. The number of fused-ring (bicyclic) bond motifs is 1. The first-order valence-electron chi connectivity index (χ1n) is 6.41. The molecule has 0 unspecified atom stereocenters. The summed E-state index contributed by atoms with van der Waals surface area (Å²) in [4.78, 5) is 45.9. The normalized spacial score (nSPS) is 10.8. The molecule has 0 saturated heterocycles. The molecular formula is C11H16N7O4+. The van der Waals surface area contributed by atoms with E-state index < -0.39 is 24.0 Å². The van der Waals surface area contributed by atoms with Gasteiger partial charge in [0.15, 0.2) is 11.2 Å². The Kier molecular flexibility index (Phi) is 4.36. The lowest BCUT2D eigenvalue weighted by atomic mass is 10.4. The summed E-state index contributed by atoms with van der Waals surface area (Å²) >= 11 is 0. The van der Waals surface area contributed by atoms with Crippen LogP contribution in [-0.2, 0) is 16.1 Å². The van der Waals surface area contributed by atoms with E-state index in [1.165, 1.54) is 10.9 Å². The van der Waals surface area contributed by atoms with E-state index in [4.69, 9.17) is 10.8 Å². The van der Waals surface area contributed by atoms with Crippen LogP contribution in [0.2, 0.25) is 0 Å². The molecule has 0 aliphatic heterocycles. The van der Waals surface area contributed by atoms with Crippen molar-refractivity contribution in [1.82, 2.24) is 24.4 Å². The monoisotopic (exact) mass is 310 g/mol. The van der Waals surface area contributed by atoms with Gasteiger partial charge in [-0.1, -0.05) is 0 Å². The first kappa shape index (κ1) is 15.4. The number of amides is 1. The number of nitrogens with zero attached hydrogens (tertiary/aromatic N) is 4. The van der Waals surface area contributed by atoms with Crippen LogP contribution in [0, 0.1) is 0 Å². The van der Waals surface area contributed by atoms with Gasteiger partial charge in [-0.2, -0.15) is 4.98 Å². The molecule has 0 aliphatic rings. The van der Waals surface area contributed by atoms with Gasteiger partial charge in [0, 0.05) is 0 Å². The summed E-state index contributed by atoms with van der Waals surface area (Å²) in [5.74, 6) is -1.64. The van der Waals surface area contributed by atoms with Crippen molar-refractivity contribution < 1.29 is 20.4 Å². The van der Waals surface area contributed by atoms with Crippen LogP contribution in [0.3, 0.4) is 0 Å². The summed E-state index contributed by atoms with van der Waals surface area (Å²) in [6, 6.07) is 0. The smallest absolute Gasteiger partial charge is 0.323 e. The van der Waals surface area contributed by atoms with Gasteiger partial charge in [-0.15, -0.1) is 0 Å². The molecule has 1 amide bonds. The zero-order valence-electron chi connectivity index (χ0n) is 11.7. The molecule has 22 heavy (non-hydrogen) atoms. The Morgan fingerprint density at radius 3 is 2.86 bits per heavy atom. The van der Waals surface area contributed by atoms with Gasteiger partial charge < -0.3 is 26.0 Å². The van der Waals surface area contributed by atoms with E-state index in [1.807, 2.05) is 0 Å². The van der Waals surface area contributed by atoms with Crippen molar-refractivity contribution in [3.8, 4) is 0 Å². The number of hydrogen-bond donors (Lipinski definition) is 4. The maximum atomic E-state index is 12.2. The van der Waals surface area contributed by atoms with E-state index in [-0.39, 0.29) is 30.2 Å². The van der Waals surface area contributed by atoms with Crippen LogP contribution in [0.4, 0.5) is 5.95 Å². The minimum atomic E-state index is -1.11. The highest BCUT2D eigenvalue weighted by molar-refractivity contribution is 5.82. The first-order valence-corrected chi connectivity index (χ1v) is 6.41. The predicted octanol–water partition coefficient (Wildman–Crippen LogP) is -3.14. The van der Waals surface area contributed by atoms with Crippen LogP contribution in [0.15, 0.2) is 11.1 Å². The van der Waals surface area contributed by atoms with Crippen molar-refractivity contribution in [2.24, 2.45) is 0 Å². The molecule has 0 saturated carbocycles. The lowest BCUT2D eigenvalue weighted by molar-refractivity contribution is -0.368. The predicted molar refractivity (Wildman–Crippen MR) is 74.5 cm³/mol. The molecule has 11 heteroatoms. The Bertz CT molecular complexity index is 765. The van der Waals surface area contributed by atoms with Crippen molar-refractivity contribution in [3.05, 3.63) is 16.7 Å². The van der Waals surface area contributed by atoms with Gasteiger partial charge in [-0.05, 0) is 0 Å². The van der Waals surface area contributed by atoms with Gasteiger partial charge in [0.1, 0.15) is 13.1 Å². The molecule has 2 heterocycles. The number of anilines is 1. The summed E-state index contributed by atoms with van der Waals surface area (Å²) in [6.07, 6.45) is 1.29. The number of carbonyl (C=O) groups excluding carboxylic acids is 1. The van der Waals surface area contributed by atoms with Crippen LogP contribution >= 0.6 is 0 Å². The Hall–Kier alpha value is -2.95. The number of imidazole rings is 1. The molecule has 2 aromatic rings. The van der Waals surface area contributed by atoms with Gasteiger partial charge >= 0.3 is 5.97 Å². The summed E-state index contributed by atoms with van der Waals surface area (Å²) in [5, 5.41) is 8.82. The lowest BCUT2D eigenvalue weighted by Crippen LogP contribution is -2.56. The summed E-state index contributed by atoms with van der Waals surface area (Å²) < 4.78 is 1.35. The lowest BCUT2D eigenvalue weighted by Gasteiger charge is -2.19. The fourth-order valence-corrected chi connectivity index (χ4v) is 1.98. The average molecular weight is 310 g/mol. The number of nitrogens with two attached hydrogens (primary N) is 1. The number of H-pyrrole nitrogens is 1. The number of carboxylic acids is 1. The van der Waals surface area contributed by atoms with Gasteiger partial charge in [0.05, 0.1) is 19.4 Å². The Morgan fingerprint density at radius 2 is 2.23 bits per heavy atom. The van der Waals surface area contributed by atoms with Crippen molar-refractivity contribution in [3.63, 3.8) is 0 Å². The second kappa shape index (κ2) is 6.22. The van der Waals surface area contributed by atoms with Gasteiger partial charge in [0.2, 0.25) is 11.9 Å². The number of aromatic amines is 1. The molecule has 7 N–H and O–H groups in total. The number of nitrogens with one attached hydrogen (secondary N) is 1. The number of aliphatic carboxylic acids is 1. The Balaban J connectivity index is 2.27. The highest BCUT2D eigenvalue weighted by Crippen LogP contribution is 2.07. The number of hydrogen-bond acceptors (Lipinski definition) is 6. The maximum absolute atomic E-state index is 12.2. The molecule has 2 aromatic heterocycles. The van der Waals surface area contributed by atoms with Crippen LogP contribution in [-0.4, -0.2) is 61.0 Å². The molecule has 11 nitrogen and oxygen atoms in total. The minimum Gasteiger partial charge on any atom is -0.480 e. The molecule has 2 rings (SSSR count). The van der Waals surface area contributed by atoms with Crippen LogP contribution in [0.25, 0.3) is 11.2 Å². The van der Waals surface area contributed by atoms with Gasteiger partial charge in [-0.25, -0.2) is 4.98 Å². The Labute approximate surface area is 123 Å². The molecule has 118 valence electrons. The maximum Gasteiger partial charge on any atom is 0.323 e. The SMILES string of the molecule is Nc1nc2c(ncn2CC(=O)N(CC[NH3+])CC(=O)O)c(=O)[nH]1. The molecule has 0 aromatic carbocycles. The van der Waals surface area contributed by atoms with Crippen LogP contribution in [0.1, 0.15) is 0 Å². The number of carboxylic acid groups (broad SMARTS) is 1. The second-order valence-electron chi connectivity index (χ2n) is 4.56. The number of quaternary nitrogens is 1. The average Bonchev–Trinajstić information content (AvgIpc) is 2.81. The first-order chi connectivity index (χ1) is 10.4. The van der Waals surface area contributed by atoms with Crippen molar-refractivity contribution >= 4 is 29.0 Å². The molecular weight excluding hydrogens is 294 g/mol. The molecule has 0 aliphatic carbocycles. The topological polar surface area (TPSA) is 175 Å². The molecule has 0 radical (unpaired) electrons. The highest BCUT2D eigenvalue weighted by Gasteiger charge is 2.19. The number of carbonyl (C=O) groups is 2. The quantitative estimate of drug-likeness (QED) is 0.435. The largest absolute Gasteiger partial charge is 0.480 e. The summed E-state index contributed by atoms with van der Waals surface area (Å²) in [5.41, 5.74) is 8.79. The van der Waals surface area contributed by atoms with E-state index in [0.717, 1.165) is 4.90 Å². The molecule has 0 bridgehead atoms. The van der Waals surface area contributed by atoms with Gasteiger partial charge in [0.25, 0.3) is 5.56 Å². The number of rotatable bonds is 6. The Morgan fingerprint density at radius 1 is 1.50 bits per heavy atom. The zero-order chi connectivity index (χ0) is 16.3. The second-order valence-corrected chi connectivity index (χ2v) is 4.56.